The van der Waals surface area contributed by atoms with E-state index in [1.165, 1.54) is 5.56 Å². The number of guanidine groups is 1. The van der Waals surface area contributed by atoms with Gasteiger partial charge >= 0.3 is 0 Å². The first-order valence-electron chi connectivity index (χ1n) is 5.46. The minimum Gasteiger partial charge on any atom is -0.497 e. The molecule has 0 fully saturated rings. The molecule has 0 radical (unpaired) electrons. The summed E-state index contributed by atoms with van der Waals surface area (Å²) in [6.07, 6.45) is 0. The van der Waals surface area contributed by atoms with E-state index in [0.29, 0.717) is 5.96 Å². The summed E-state index contributed by atoms with van der Waals surface area (Å²) in [5.41, 5.74) is 7.03. The molecule has 0 aromatic heterocycles. The lowest BCUT2D eigenvalue weighted by Gasteiger charge is -2.25. The smallest absolute Gasteiger partial charge is 0.191 e. The van der Waals surface area contributed by atoms with E-state index in [4.69, 9.17) is 10.5 Å². The van der Waals surface area contributed by atoms with E-state index in [-0.39, 0.29) is 6.04 Å². The Morgan fingerprint density at radius 3 is 3.06 bits per heavy atom. The maximum absolute atomic E-state index is 5.83. The highest BCUT2D eigenvalue weighted by Gasteiger charge is 2.25. The molecule has 86 valence electrons. The summed E-state index contributed by atoms with van der Waals surface area (Å²) in [7, 11) is 1.68. The second kappa shape index (κ2) is 4.43. The summed E-state index contributed by atoms with van der Waals surface area (Å²) < 4.78 is 5.22. The molecule has 0 aliphatic carbocycles. The second-order valence-corrected chi connectivity index (χ2v) is 3.78. The molecular formula is C12H17N3O. The summed E-state index contributed by atoms with van der Waals surface area (Å²) in [6, 6.07) is 8.32. The van der Waals surface area contributed by atoms with Gasteiger partial charge in [-0.05, 0) is 24.6 Å². The van der Waals surface area contributed by atoms with Gasteiger partial charge in [-0.15, -0.1) is 0 Å². The standard InChI is InChI=1S/C12H17N3O/c1-3-15-11(8-14-12(15)13)9-5-4-6-10(7-9)16-2/h4-7,11H,3,8H2,1-2H3,(H2,13,14). The predicted octanol–water partition coefficient (Wildman–Crippen LogP) is 1.39. The van der Waals surface area contributed by atoms with E-state index in [1.807, 2.05) is 18.2 Å². The molecule has 1 aliphatic heterocycles. The molecule has 0 spiro atoms. The first-order valence-corrected chi connectivity index (χ1v) is 5.46. The first-order chi connectivity index (χ1) is 7.76. The fraction of sp³-hybridized carbons (Fsp3) is 0.417. The van der Waals surface area contributed by atoms with Crippen LogP contribution in [0.4, 0.5) is 0 Å². The van der Waals surface area contributed by atoms with Gasteiger partial charge in [0.1, 0.15) is 5.75 Å². The quantitative estimate of drug-likeness (QED) is 0.835. The highest BCUT2D eigenvalue weighted by molar-refractivity contribution is 5.80. The molecule has 1 unspecified atom stereocenters. The van der Waals surface area contributed by atoms with Crippen LogP contribution in [-0.4, -0.2) is 31.1 Å². The van der Waals surface area contributed by atoms with E-state index in [0.717, 1.165) is 18.8 Å². The number of hydrogen-bond donors (Lipinski definition) is 1. The third kappa shape index (κ3) is 1.83. The number of ether oxygens (including phenoxy) is 1. The number of aliphatic imine (C=N–C) groups is 1. The van der Waals surface area contributed by atoms with Gasteiger partial charge in [-0.1, -0.05) is 12.1 Å². The molecule has 1 aliphatic rings. The Bertz CT molecular complexity index is 403. The van der Waals surface area contributed by atoms with Crippen molar-refractivity contribution in [1.29, 1.82) is 0 Å². The number of rotatable bonds is 3. The highest BCUT2D eigenvalue weighted by atomic mass is 16.5. The lowest BCUT2D eigenvalue weighted by Crippen LogP contribution is -2.35. The van der Waals surface area contributed by atoms with Gasteiger partial charge in [-0.2, -0.15) is 0 Å². The molecule has 16 heavy (non-hydrogen) atoms. The topological polar surface area (TPSA) is 50.8 Å². The molecular weight excluding hydrogens is 202 g/mol. The SMILES string of the molecule is CCN1C(N)=NCC1c1cccc(OC)c1. The normalized spacial score (nSPS) is 19.8. The van der Waals surface area contributed by atoms with Crippen LogP contribution in [0.2, 0.25) is 0 Å². The summed E-state index contributed by atoms with van der Waals surface area (Å²) in [5.74, 6) is 1.51. The van der Waals surface area contributed by atoms with Gasteiger partial charge in [0.15, 0.2) is 5.96 Å². The molecule has 1 aromatic rings. The van der Waals surface area contributed by atoms with Crippen molar-refractivity contribution in [2.24, 2.45) is 10.7 Å². The molecule has 1 heterocycles. The molecule has 1 aromatic carbocycles. The fourth-order valence-corrected chi connectivity index (χ4v) is 2.05. The lowest BCUT2D eigenvalue weighted by atomic mass is 10.1. The Labute approximate surface area is 95.7 Å². The first kappa shape index (κ1) is 10.8. The van der Waals surface area contributed by atoms with E-state index in [1.54, 1.807) is 7.11 Å². The molecule has 0 saturated carbocycles. The van der Waals surface area contributed by atoms with Gasteiger partial charge in [0, 0.05) is 6.54 Å². The summed E-state index contributed by atoms with van der Waals surface area (Å²) in [5, 5.41) is 0. The molecule has 2 N–H and O–H groups in total. The molecule has 1 atom stereocenters. The van der Waals surface area contributed by atoms with Crippen LogP contribution in [0.5, 0.6) is 5.75 Å². The van der Waals surface area contributed by atoms with Crippen molar-refractivity contribution in [3.63, 3.8) is 0 Å². The summed E-state index contributed by atoms with van der Waals surface area (Å²) >= 11 is 0. The van der Waals surface area contributed by atoms with Crippen molar-refractivity contribution in [3.05, 3.63) is 29.8 Å². The third-order valence-electron chi connectivity index (χ3n) is 2.92. The summed E-state index contributed by atoms with van der Waals surface area (Å²) in [6.45, 7) is 3.69. The molecule has 0 amide bonds. The van der Waals surface area contributed by atoms with E-state index in [2.05, 4.69) is 22.9 Å². The van der Waals surface area contributed by atoms with Crippen molar-refractivity contribution in [1.82, 2.24) is 4.90 Å². The van der Waals surface area contributed by atoms with Crippen molar-refractivity contribution >= 4 is 5.96 Å². The number of nitrogens with zero attached hydrogens (tertiary/aromatic N) is 2. The summed E-state index contributed by atoms with van der Waals surface area (Å²) in [4.78, 5) is 6.39. The van der Waals surface area contributed by atoms with Crippen molar-refractivity contribution in [3.8, 4) is 5.75 Å². The molecule has 4 heteroatoms. The number of nitrogens with two attached hydrogens (primary N) is 1. The van der Waals surface area contributed by atoms with Crippen LogP contribution in [0.1, 0.15) is 18.5 Å². The Balaban J connectivity index is 2.24. The molecule has 4 nitrogen and oxygen atoms in total. The Morgan fingerprint density at radius 1 is 1.56 bits per heavy atom. The Hall–Kier alpha value is -1.71. The van der Waals surface area contributed by atoms with Crippen LogP contribution in [-0.2, 0) is 0 Å². The number of methoxy groups -OCH3 is 1. The van der Waals surface area contributed by atoms with Crippen LogP contribution in [0.25, 0.3) is 0 Å². The zero-order valence-corrected chi connectivity index (χ0v) is 9.68. The van der Waals surface area contributed by atoms with Crippen LogP contribution >= 0.6 is 0 Å². The Morgan fingerprint density at radius 2 is 2.38 bits per heavy atom. The zero-order valence-electron chi connectivity index (χ0n) is 9.68. The van der Waals surface area contributed by atoms with Crippen LogP contribution < -0.4 is 10.5 Å². The second-order valence-electron chi connectivity index (χ2n) is 3.78. The van der Waals surface area contributed by atoms with Gasteiger partial charge in [-0.3, -0.25) is 4.99 Å². The number of benzene rings is 1. The molecule has 0 bridgehead atoms. The number of likely N-dealkylation sites (N-methyl/N-ethyl adjacent to an activating group) is 1. The van der Waals surface area contributed by atoms with E-state index < -0.39 is 0 Å². The number of hydrogen-bond acceptors (Lipinski definition) is 4. The van der Waals surface area contributed by atoms with Gasteiger partial charge in [0.25, 0.3) is 0 Å². The molecule has 0 saturated heterocycles. The average molecular weight is 219 g/mol. The van der Waals surface area contributed by atoms with Crippen molar-refractivity contribution < 1.29 is 4.74 Å². The largest absolute Gasteiger partial charge is 0.497 e. The Kier molecular flexibility index (Phi) is 2.99. The maximum atomic E-state index is 5.83. The van der Waals surface area contributed by atoms with Gasteiger partial charge in [0.05, 0.1) is 19.7 Å². The minimum atomic E-state index is 0.250. The van der Waals surface area contributed by atoms with Gasteiger partial charge in [0.2, 0.25) is 0 Å². The lowest BCUT2D eigenvalue weighted by molar-refractivity contribution is 0.361. The van der Waals surface area contributed by atoms with Crippen LogP contribution in [0, 0.1) is 0 Å². The monoisotopic (exact) mass is 219 g/mol. The maximum Gasteiger partial charge on any atom is 0.191 e. The predicted molar refractivity (Wildman–Crippen MR) is 64.6 cm³/mol. The van der Waals surface area contributed by atoms with Crippen molar-refractivity contribution in [2.45, 2.75) is 13.0 Å². The fourth-order valence-electron chi connectivity index (χ4n) is 2.05. The zero-order chi connectivity index (χ0) is 11.5. The van der Waals surface area contributed by atoms with Crippen molar-refractivity contribution in [2.75, 3.05) is 20.2 Å². The van der Waals surface area contributed by atoms with Gasteiger partial charge in [-0.25, -0.2) is 0 Å². The third-order valence-corrected chi connectivity index (χ3v) is 2.92. The average Bonchev–Trinajstić information content (AvgIpc) is 2.70. The highest BCUT2D eigenvalue weighted by Crippen LogP contribution is 2.27. The molecule has 2 rings (SSSR count). The van der Waals surface area contributed by atoms with Crippen LogP contribution in [0.3, 0.4) is 0 Å². The van der Waals surface area contributed by atoms with E-state index in [9.17, 15) is 0 Å². The minimum absolute atomic E-state index is 0.250. The van der Waals surface area contributed by atoms with Crippen LogP contribution in [0.15, 0.2) is 29.3 Å². The van der Waals surface area contributed by atoms with Gasteiger partial charge < -0.3 is 15.4 Å². The van der Waals surface area contributed by atoms with E-state index >= 15 is 0 Å².